The highest BCUT2D eigenvalue weighted by Crippen LogP contribution is 2.33. The SMILES string of the molecule is c1ccc2sc(C3OCCO3)cc2c1. The van der Waals surface area contributed by atoms with Gasteiger partial charge in [-0.15, -0.1) is 11.3 Å². The Morgan fingerprint density at radius 1 is 1.14 bits per heavy atom. The van der Waals surface area contributed by atoms with Crippen LogP contribution in [0.2, 0.25) is 0 Å². The van der Waals surface area contributed by atoms with E-state index in [9.17, 15) is 0 Å². The van der Waals surface area contributed by atoms with Crippen molar-refractivity contribution in [2.75, 3.05) is 13.2 Å². The van der Waals surface area contributed by atoms with E-state index in [0.717, 1.165) is 0 Å². The molecule has 2 aromatic rings. The lowest BCUT2D eigenvalue weighted by atomic mass is 10.2. The normalized spacial score (nSPS) is 18.0. The van der Waals surface area contributed by atoms with Crippen LogP contribution in [0.4, 0.5) is 0 Å². The molecule has 72 valence electrons. The highest BCUT2D eigenvalue weighted by Gasteiger charge is 2.20. The molecule has 1 aliphatic heterocycles. The van der Waals surface area contributed by atoms with E-state index in [4.69, 9.17) is 9.47 Å². The lowest BCUT2D eigenvalue weighted by molar-refractivity contribution is -0.0412. The van der Waals surface area contributed by atoms with E-state index in [-0.39, 0.29) is 6.29 Å². The molecular formula is C11H10O2S. The third-order valence-corrected chi connectivity index (χ3v) is 3.44. The molecule has 2 heterocycles. The second kappa shape index (κ2) is 3.35. The van der Waals surface area contributed by atoms with Crippen LogP contribution < -0.4 is 0 Å². The fourth-order valence-corrected chi connectivity index (χ4v) is 2.70. The summed E-state index contributed by atoms with van der Waals surface area (Å²) in [6.45, 7) is 1.41. The van der Waals surface area contributed by atoms with E-state index in [1.54, 1.807) is 11.3 Å². The fourth-order valence-electron chi connectivity index (χ4n) is 1.64. The van der Waals surface area contributed by atoms with Crippen LogP contribution in [-0.2, 0) is 9.47 Å². The summed E-state index contributed by atoms with van der Waals surface area (Å²) < 4.78 is 12.2. The Labute approximate surface area is 86.1 Å². The van der Waals surface area contributed by atoms with E-state index in [2.05, 4.69) is 30.3 Å². The minimum Gasteiger partial charge on any atom is -0.345 e. The molecule has 3 rings (SSSR count). The summed E-state index contributed by atoms with van der Waals surface area (Å²) in [6, 6.07) is 10.5. The van der Waals surface area contributed by atoms with Crippen LogP contribution in [0, 0.1) is 0 Å². The van der Waals surface area contributed by atoms with Crippen LogP contribution in [0.15, 0.2) is 30.3 Å². The molecule has 14 heavy (non-hydrogen) atoms. The Balaban J connectivity index is 2.05. The van der Waals surface area contributed by atoms with Gasteiger partial charge in [0, 0.05) is 4.70 Å². The van der Waals surface area contributed by atoms with Gasteiger partial charge in [-0.05, 0) is 17.5 Å². The smallest absolute Gasteiger partial charge is 0.193 e. The molecule has 1 aliphatic rings. The molecule has 0 N–H and O–H groups in total. The summed E-state index contributed by atoms with van der Waals surface area (Å²) in [5.74, 6) is 0. The van der Waals surface area contributed by atoms with Gasteiger partial charge in [0.2, 0.25) is 0 Å². The van der Waals surface area contributed by atoms with E-state index in [1.807, 2.05) is 0 Å². The first kappa shape index (κ1) is 8.41. The van der Waals surface area contributed by atoms with Gasteiger partial charge in [-0.25, -0.2) is 0 Å². The number of rotatable bonds is 1. The van der Waals surface area contributed by atoms with Crippen molar-refractivity contribution in [1.82, 2.24) is 0 Å². The first-order chi connectivity index (χ1) is 6.93. The van der Waals surface area contributed by atoms with Gasteiger partial charge in [0.1, 0.15) is 0 Å². The molecule has 0 bridgehead atoms. The van der Waals surface area contributed by atoms with Crippen molar-refractivity contribution in [2.24, 2.45) is 0 Å². The summed E-state index contributed by atoms with van der Waals surface area (Å²) in [5, 5.41) is 1.27. The molecule has 1 aromatic heterocycles. The topological polar surface area (TPSA) is 18.5 Å². The third-order valence-electron chi connectivity index (χ3n) is 2.30. The maximum Gasteiger partial charge on any atom is 0.193 e. The summed E-state index contributed by atoms with van der Waals surface area (Å²) >= 11 is 1.74. The fraction of sp³-hybridized carbons (Fsp3) is 0.273. The van der Waals surface area contributed by atoms with Gasteiger partial charge in [0.15, 0.2) is 6.29 Å². The quantitative estimate of drug-likeness (QED) is 0.714. The van der Waals surface area contributed by atoms with E-state index < -0.39 is 0 Å². The second-order valence-corrected chi connectivity index (χ2v) is 4.38. The van der Waals surface area contributed by atoms with Crippen LogP contribution in [0.3, 0.4) is 0 Å². The van der Waals surface area contributed by atoms with Gasteiger partial charge >= 0.3 is 0 Å². The van der Waals surface area contributed by atoms with Crippen LogP contribution in [0.1, 0.15) is 11.2 Å². The highest BCUT2D eigenvalue weighted by molar-refractivity contribution is 7.19. The van der Waals surface area contributed by atoms with Gasteiger partial charge in [-0.1, -0.05) is 18.2 Å². The molecule has 0 atom stereocenters. The Bertz CT molecular complexity index is 410. The number of ether oxygens (including phenoxy) is 2. The Hall–Kier alpha value is -0.900. The molecule has 1 aromatic carbocycles. The van der Waals surface area contributed by atoms with Crippen LogP contribution >= 0.6 is 11.3 Å². The summed E-state index contributed by atoms with van der Waals surface area (Å²) in [4.78, 5) is 1.17. The molecule has 0 unspecified atom stereocenters. The minimum atomic E-state index is -0.132. The first-order valence-electron chi connectivity index (χ1n) is 4.65. The van der Waals surface area contributed by atoms with Gasteiger partial charge in [-0.2, -0.15) is 0 Å². The van der Waals surface area contributed by atoms with Gasteiger partial charge in [-0.3, -0.25) is 0 Å². The molecule has 3 heteroatoms. The van der Waals surface area contributed by atoms with Crippen molar-refractivity contribution in [3.05, 3.63) is 35.2 Å². The number of fused-ring (bicyclic) bond motifs is 1. The third kappa shape index (κ3) is 1.34. The van der Waals surface area contributed by atoms with Crippen molar-refractivity contribution in [3.8, 4) is 0 Å². The summed E-state index contributed by atoms with van der Waals surface area (Å²) in [5.41, 5.74) is 0. The first-order valence-corrected chi connectivity index (χ1v) is 5.47. The molecular weight excluding hydrogens is 196 g/mol. The number of benzene rings is 1. The lowest BCUT2D eigenvalue weighted by Crippen LogP contribution is -1.93. The highest BCUT2D eigenvalue weighted by atomic mass is 32.1. The van der Waals surface area contributed by atoms with E-state index in [0.29, 0.717) is 13.2 Å². The zero-order valence-electron chi connectivity index (χ0n) is 7.60. The second-order valence-electron chi connectivity index (χ2n) is 3.26. The van der Waals surface area contributed by atoms with Gasteiger partial charge in [0.25, 0.3) is 0 Å². The van der Waals surface area contributed by atoms with Crippen molar-refractivity contribution < 1.29 is 9.47 Å². The zero-order valence-corrected chi connectivity index (χ0v) is 8.42. The maximum absolute atomic E-state index is 5.46. The van der Waals surface area contributed by atoms with Crippen LogP contribution in [0.25, 0.3) is 10.1 Å². The Morgan fingerprint density at radius 3 is 2.71 bits per heavy atom. The predicted molar refractivity (Wildman–Crippen MR) is 56.5 cm³/mol. The molecule has 0 radical (unpaired) electrons. The van der Waals surface area contributed by atoms with E-state index >= 15 is 0 Å². The molecule has 1 fully saturated rings. The largest absolute Gasteiger partial charge is 0.345 e. The Kier molecular flexibility index (Phi) is 2.01. The summed E-state index contributed by atoms with van der Waals surface area (Å²) in [7, 11) is 0. The maximum atomic E-state index is 5.46. The molecule has 0 spiro atoms. The number of thiophene rings is 1. The monoisotopic (exact) mass is 206 g/mol. The van der Waals surface area contributed by atoms with Crippen molar-refractivity contribution in [3.63, 3.8) is 0 Å². The number of hydrogen-bond donors (Lipinski definition) is 0. The summed E-state index contributed by atoms with van der Waals surface area (Å²) in [6.07, 6.45) is -0.132. The molecule has 0 amide bonds. The standard InChI is InChI=1S/C11H10O2S/c1-2-4-9-8(3-1)7-10(14-9)11-12-5-6-13-11/h1-4,7,11H,5-6H2. The minimum absolute atomic E-state index is 0.132. The van der Waals surface area contributed by atoms with Crippen molar-refractivity contribution >= 4 is 21.4 Å². The van der Waals surface area contributed by atoms with Gasteiger partial charge < -0.3 is 9.47 Å². The molecule has 0 aliphatic carbocycles. The van der Waals surface area contributed by atoms with Crippen molar-refractivity contribution in [1.29, 1.82) is 0 Å². The number of hydrogen-bond acceptors (Lipinski definition) is 3. The van der Waals surface area contributed by atoms with Crippen LogP contribution in [-0.4, -0.2) is 13.2 Å². The van der Waals surface area contributed by atoms with Crippen molar-refractivity contribution in [2.45, 2.75) is 6.29 Å². The van der Waals surface area contributed by atoms with E-state index in [1.165, 1.54) is 15.0 Å². The average molecular weight is 206 g/mol. The molecule has 1 saturated heterocycles. The predicted octanol–water partition coefficient (Wildman–Crippen LogP) is 2.95. The molecule has 2 nitrogen and oxygen atoms in total. The zero-order chi connectivity index (χ0) is 9.38. The lowest BCUT2D eigenvalue weighted by Gasteiger charge is -2.03. The average Bonchev–Trinajstić information content (AvgIpc) is 2.86. The van der Waals surface area contributed by atoms with Crippen LogP contribution in [0.5, 0.6) is 0 Å². The molecule has 0 saturated carbocycles. The Morgan fingerprint density at radius 2 is 1.93 bits per heavy atom. The van der Waals surface area contributed by atoms with Gasteiger partial charge in [0.05, 0.1) is 18.1 Å².